The molecular weight excluding hydrogens is 1020 g/mol. The maximum Gasteiger partial charge on any atom is 0.416 e. The van der Waals surface area contributed by atoms with Crippen molar-refractivity contribution in [2.45, 2.75) is 50.7 Å². The van der Waals surface area contributed by atoms with Gasteiger partial charge < -0.3 is 62.7 Å². The van der Waals surface area contributed by atoms with Crippen molar-refractivity contribution >= 4 is 52.6 Å². The maximum atomic E-state index is 13.2. The molecule has 21 nitrogen and oxygen atoms in total. The van der Waals surface area contributed by atoms with E-state index in [1.807, 2.05) is 0 Å². The van der Waals surface area contributed by atoms with Crippen LogP contribution in [0, 0.1) is 0 Å². The number of carbonyl (C=O) groups is 6. The standard InChI is InChI=1S/C53H69F3N4O17/c54-53(55,56)39-8-6-9-40(38-39)57-43-12-4-3-10-41(43)52(66)77-37-36-76-35-34-75-33-32-74-31-30-73-29-28-72-27-26-71-25-24-70-23-22-69-21-20-68-19-18-67-17-5-1-2-14-46(61)58-44-13-7-11-42-48(44)51(65)60(50(42)64)45-15-16-47(62)59-49(45)63/h3-4,6-13,38,45,57H,1-2,5,14-37H2,(H,58,61)(H,59,62,63). The van der Waals surface area contributed by atoms with Gasteiger partial charge in [0, 0.05) is 25.1 Å². The Labute approximate surface area is 444 Å². The highest BCUT2D eigenvalue weighted by atomic mass is 19.4. The summed E-state index contributed by atoms with van der Waals surface area (Å²) in [4.78, 5) is 76.3. The Morgan fingerprint density at radius 3 is 1.58 bits per heavy atom. The van der Waals surface area contributed by atoms with Crippen LogP contribution in [0.5, 0.6) is 0 Å². The molecule has 3 aromatic carbocycles. The highest BCUT2D eigenvalue weighted by molar-refractivity contribution is 6.26. The van der Waals surface area contributed by atoms with Crippen LogP contribution in [-0.4, -0.2) is 185 Å². The van der Waals surface area contributed by atoms with Crippen molar-refractivity contribution in [1.29, 1.82) is 0 Å². The number of halogens is 3. The minimum atomic E-state index is -4.49. The van der Waals surface area contributed by atoms with Crippen molar-refractivity contribution in [3.8, 4) is 0 Å². The van der Waals surface area contributed by atoms with Gasteiger partial charge in [0.1, 0.15) is 12.6 Å². The third-order valence-corrected chi connectivity index (χ3v) is 11.4. The average Bonchev–Trinajstić information content (AvgIpc) is 3.73. The molecule has 3 N–H and O–H groups in total. The van der Waals surface area contributed by atoms with Crippen LogP contribution in [0.2, 0.25) is 0 Å². The first-order valence-corrected chi connectivity index (χ1v) is 25.6. The minimum absolute atomic E-state index is 0.0166. The molecule has 2 aliphatic heterocycles. The molecule has 1 saturated heterocycles. The fourth-order valence-corrected chi connectivity index (χ4v) is 7.55. The molecule has 424 valence electrons. The summed E-state index contributed by atoms with van der Waals surface area (Å²) in [6, 6.07) is 14.6. The van der Waals surface area contributed by atoms with Crippen LogP contribution in [0.15, 0.2) is 66.7 Å². The first-order chi connectivity index (χ1) is 37.4. The number of nitrogens with zero attached hydrogens (tertiary/aromatic N) is 1. The van der Waals surface area contributed by atoms with Crippen molar-refractivity contribution < 1.29 is 94.0 Å². The topological polar surface area (TPSA) is 243 Å². The number of imide groups is 2. The van der Waals surface area contributed by atoms with Crippen LogP contribution >= 0.6 is 0 Å². The van der Waals surface area contributed by atoms with E-state index in [4.69, 9.17) is 52.1 Å². The number of hydrogen-bond donors (Lipinski definition) is 3. The molecule has 0 aliphatic carbocycles. The van der Waals surface area contributed by atoms with E-state index >= 15 is 0 Å². The molecule has 5 amide bonds. The van der Waals surface area contributed by atoms with Gasteiger partial charge in [0.25, 0.3) is 11.8 Å². The number of unbranched alkanes of at least 4 members (excludes halogenated alkanes) is 2. The molecule has 5 rings (SSSR count). The Hall–Kier alpha value is -5.93. The van der Waals surface area contributed by atoms with Gasteiger partial charge in [-0.25, -0.2) is 4.79 Å². The van der Waals surface area contributed by atoms with Crippen molar-refractivity contribution in [1.82, 2.24) is 10.2 Å². The van der Waals surface area contributed by atoms with Gasteiger partial charge in [0.15, 0.2) is 0 Å². The zero-order valence-corrected chi connectivity index (χ0v) is 43.0. The van der Waals surface area contributed by atoms with Gasteiger partial charge in [-0.2, -0.15) is 13.2 Å². The van der Waals surface area contributed by atoms with E-state index in [0.29, 0.717) is 131 Å². The molecule has 24 heteroatoms. The Kier molecular flexibility index (Phi) is 28.5. The number of carbonyl (C=O) groups excluding carboxylic acids is 6. The number of alkyl halides is 3. The Morgan fingerprint density at radius 2 is 1.05 bits per heavy atom. The summed E-state index contributed by atoms with van der Waals surface area (Å²) in [6.45, 7) is 7.87. The lowest BCUT2D eigenvalue weighted by Crippen LogP contribution is -2.54. The van der Waals surface area contributed by atoms with Crippen molar-refractivity contribution in [3.63, 3.8) is 0 Å². The molecule has 3 aromatic rings. The molecule has 0 spiro atoms. The quantitative estimate of drug-likeness (QED) is 0.0367. The molecule has 2 heterocycles. The molecule has 1 unspecified atom stereocenters. The monoisotopic (exact) mass is 1090 g/mol. The number of anilines is 3. The molecule has 0 radical (unpaired) electrons. The third-order valence-electron chi connectivity index (χ3n) is 11.4. The SMILES string of the molecule is O=C1CCC(N2C(=O)c3cccc(NC(=O)CCCCCOCCOCCOCCOCCOCCOCCOCCOCCOCCOCCOC(=O)c4ccccc4Nc4cccc(C(F)(F)F)c4)c3C2=O)C(=O)N1. The first kappa shape index (κ1) is 61.9. The Bertz CT molecular complexity index is 2310. The Balaban J connectivity index is 0.699. The number of amides is 5. The summed E-state index contributed by atoms with van der Waals surface area (Å²) in [5, 5.41) is 7.75. The molecule has 77 heavy (non-hydrogen) atoms. The number of ether oxygens (including phenoxy) is 11. The molecule has 1 atom stereocenters. The van der Waals surface area contributed by atoms with E-state index in [0.717, 1.165) is 29.9 Å². The zero-order chi connectivity index (χ0) is 54.9. The smallest absolute Gasteiger partial charge is 0.416 e. The predicted molar refractivity (Wildman–Crippen MR) is 270 cm³/mol. The summed E-state index contributed by atoms with van der Waals surface area (Å²) < 4.78 is 99.6. The van der Waals surface area contributed by atoms with Crippen LogP contribution in [0.25, 0.3) is 0 Å². The number of para-hydroxylation sites is 1. The van der Waals surface area contributed by atoms with E-state index < -0.39 is 47.4 Å². The van der Waals surface area contributed by atoms with Gasteiger partial charge in [-0.15, -0.1) is 0 Å². The summed E-state index contributed by atoms with van der Waals surface area (Å²) >= 11 is 0. The van der Waals surface area contributed by atoms with Gasteiger partial charge in [-0.1, -0.05) is 30.7 Å². The lowest BCUT2D eigenvalue weighted by atomic mass is 10.0. The Morgan fingerprint density at radius 1 is 0.558 bits per heavy atom. The second-order valence-electron chi connectivity index (χ2n) is 17.0. The van der Waals surface area contributed by atoms with Gasteiger partial charge >= 0.3 is 12.1 Å². The molecule has 0 saturated carbocycles. The van der Waals surface area contributed by atoms with Gasteiger partial charge in [-0.05, 0) is 61.7 Å². The van der Waals surface area contributed by atoms with Crippen LogP contribution in [0.1, 0.15) is 75.2 Å². The summed E-state index contributed by atoms with van der Waals surface area (Å²) in [6.07, 6.45) is -2.14. The highest BCUT2D eigenvalue weighted by Gasteiger charge is 2.45. The van der Waals surface area contributed by atoms with Crippen LogP contribution in [0.3, 0.4) is 0 Å². The number of benzene rings is 3. The van der Waals surface area contributed by atoms with Gasteiger partial charge in [0.05, 0.1) is 159 Å². The fraction of sp³-hybridized carbons (Fsp3) is 0.547. The van der Waals surface area contributed by atoms with Crippen molar-refractivity contribution in [3.05, 3.63) is 89.0 Å². The first-order valence-electron chi connectivity index (χ1n) is 25.6. The predicted octanol–water partition coefficient (Wildman–Crippen LogP) is 5.37. The number of rotatable bonds is 41. The second kappa shape index (κ2) is 35.5. The van der Waals surface area contributed by atoms with Crippen molar-refractivity contribution in [2.75, 3.05) is 149 Å². The molecular formula is C53H69F3N4O17. The fourth-order valence-electron chi connectivity index (χ4n) is 7.55. The number of esters is 1. The van der Waals surface area contributed by atoms with Crippen LogP contribution < -0.4 is 16.0 Å². The minimum Gasteiger partial charge on any atom is -0.460 e. The van der Waals surface area contributed by atoms with Gasteiger partial charge in [-0.3, -0.25) is 34.2 Å². The van der Waals surface area contributed by atoms with E-state index in [2.05, 4.69) is 16.0 Å². The molecule has 2 aliphatic rings. The van der Waals surface area contributed by atoms with E-state index in [1.165, 1.54) is 24.3 Å². The van der Waals surface area contributed by atoms with Crippen LogP contribution in [-0.2, 0) is 72.7 Å². The van der Waals surface area contributed by atoms with Gasteiger partial charge in [0.2, 0.25) is 17.7 Å². The average molecular weight is 1090 g/mol. The number of piperidine rings is 1. The normalized spacial score (nSPS) is 14.5. The number of fused-ring (bicyclic) bond motifs is 1. The lowest BCUT2D eigenvalue weighted by molar-refractivity contribution is -0.138. The summed E-state index contributed by atoms with van der Waals surface area (Å²) in [5.41, 5.74) is 0.204. The highest BCUT2D eigenvalue weighted by Crippen LogP contribution is 2.34. The number of nitrogens with one attached hydrogen (secondary N) is 3. The maximum absolute atomic E-state index is 13.2. The zero-order valence-electron chi connectivity index (χ0n) is 43.0. The second-order valence-corrected chi connectivity index (χ2v) is 17.0. The molecule has 0 bridgehead atoms. The molecule has 0 aromatic heterocycles. The van der Waals surface area contributed by atoms with E-state index in [1.54, 1.807) is 30.3 Å². The molecule has 1 fully saturated rings. The largest absolute Gasteiger partial charge is 0.460 e. The van der Waals surface area contributed by atoms with E-state index in [9.17, 15) is 41.9 Å². The lowest BCUT2D eigenvalue weighted by Gasteiger charge is -2.27. The van der Waals surface area contributed by atoms with Crippen molar-refractivity contribution in [2.24, 2.45) is 0 Å². The summed E-state index contributed by atoms with van der Waals surface area (Å²) in [7, 11) is 0. The number of hydrogen-bond acceptors (Lipinski definition) is 18. The van der Waals surface area contributed by atoms with E-state index in [-0.39, 0.29) is 73.1 Å². The van der Waals surface area contributed by atoms with Crippen LogP contribution in [0.4, 0.5) is 30.2 Å². The third kappa shape index (κ3) is 22.9. The summed E-state index contributed by atoms with van der Waals surface area (Å²) in [5.74, 6) is -3.42.